The molecule has 0 aliphatic rings. The Bertz CT molecular complexity index is 894. The summed E-state index contributed by atoms with van der Waals surface area (Å²) in [4.78, 5) is 5.74. The molecule has 0 spiro atoms. The second-order valence-corrected chi connectivity index (χ2v) is 8.13. The number of hydrogen-bond donors (Lipinski definition) is 0. The van der Waals surface area contributed by atoms with Crippen molar-refractivity contribution >= 4 is 23.6 Å². The molecule has 0 unspecified atom stereocenters. The minimum atomic E-state index is -0.773. The zero-order valence-corrected chi connectivity index (χ0v) is 17.0. The van der Waals surface area contributed by atoms with E-state index in [2.05, 4.69) is 9.37 Å². The first kappa shape index (κ1) is 20.8. The standard InChI is InChI=1S/C19H22F2N4OS/c1-11(2)25(6)10-23-15-7-14(21)16(8-13(15)20)26-18-12(9-22)17(24-27-18)19(3,4)5/h7-8,10-11H,1-6H3. The van der Waals surface area contributed by atoms with Gasteiger partial charge < -0.3 is 9.64 Å². The Morgan fingerprint density at radius 2 is 1.96 bits per heavy atom. The van der Waals surface area contributed by atoms with Crippen LogP contribution < -0.4 is 4.74 Å². The van der Waals surface area contributed by atoms with Crippen LogP contribution in [0.4, 0.5) is 14.5 Å². The highest BCUT2D eigenvalue weighted by molar-refractivity contribution is 7.08. The summed E-state index contributed by atoms with van der Waals surface area (Å²) in [5.74, 6) is -1.81. The molecule has 0 fully saturated rings. The van der Waals surface area contributed by atoms with Crippen molar-refractivity contribution in [2.75, 3.05) is 7.05 Å². The van der Waals surface area contributed by atoms with Gasteiger partial charge in [-0.25, -0.2) is 13.8 Å². The summed E-state index contributed by atoms with van der Waals surface area (Å²) in [6.07, 6.45) is 1.44. The molecule has 2 aromatic rings. The van der Waals surface area contributed by atoms with E-state index in [0.29, 0.717) is 5.69 Å². The minimum absolute atomic E-state index is 0.132. The lowest BCUT2D eigenvalue weighted by Crippen LogP contribution is -2.24. The van der Waals surface area contributed by atoms with Gasteiger partial charge in [0, 0.05) is 42.2 Å². The average Bonchev–Trinajstić information content (AvgIpc) is 2.99. The molecule has 5 nitrogen and oxygen atoms in total. The maximum Gasteiger partial charge on any atom is 0.218 e. The molecule has 2 rings (SSSR count). The first-order valence-electron chi connectivity index (χ1n) is 8.37. The largest absolute Gasteiger partial charge is 0.441 e. The van der Waals surface area contributed by atoms with Gasteiger partial charge >= 0.3 is 0 Å². The number of ether oxygens (including phenoxy) is 1. The van der Waals surface area contributed by atoms with Crippen molar-refractivity contribution in [2.45, 2.75) is 46.1 Å². The van der Waals surface area contributed by atoms with E-state index in [9.17, 15) is 14.0 Å². The van der Waals surface area contributed by atoms with E-state index in [1.807, 2.05) is 40.7 Å². The van der Waals surface area contributed by atoms with E-state index in [1.165, 1.54) is 6.34 Å². The Balaban J connectivity index is 2.33. The van der Waals surface area contributed by atoms with Gasteiger partial charge in [-0.15, -0.1) is 0 Å². The summed E-state index contributed by atoms with van der Waals surface area (Å²) >= 11 is 0.938. The number of aliphatic imine (C=N–C) groups is 1. The Morgan fingerprint density at radius 3 is 2.52 bits per heavy atom. The highest BCUT2D eigenvalue weighted by Crippen LogP contribution is 2.38. The number of hydrogen-bond acceptors (Lipinski definition) is 5. The molecule has 0 bridgehead atoms. The number of nitrogens with zero attached hydrogens (tertiary/aromatic N) is 4. The number of benzene rings is 1. The van der Waals surface area contributed by atoms with Gasteiger partial charge in [0.25, 0.3) is 0 Å². The smallest absolute Gasteiger partial charge is 0.218 e. The first-order chi connectivity index (χ1) is 12.5. The molecule has 0 saturated heterocycles. The molecule has 27 heavy (non-hydrogen) atoms. The minimum Gasteiger partial charge on any atom is -0.441 e. The first-order valence-corrected chi connectivity index (χ1v) is 9.15. The highest BCUT2D eigenvalue weighted by Gasteiger charge is 2.26. The molecule has 1 heterocycles. The second-order valence-electron chi connectivity index (χ2n) is 7.40. The third-order valence-electron chi connectivity index (χ3n) is 3.88. The third kappa shape index (κ3) is 4.80. The molecule has 0 atom stereocenters. The van der Waals surface area contributed by atoms with Crippen molar-refractivity contribution in [3.63, 3.8) is 0 Å². The molecule has 1 aromatic carbocycles. The van der Waals surface area contributed by atoms with Gasteiger partial charge in [-0.1, -0.05) is 20.8 Å². The molecule has 1 aromatic heterocycles. The predicted molar refractivity (Wildman–Crippen MR) is 103 cm³/mol. The van der Waals surface area contributed by atoms with Gasteiger partial charge in [0.1, 0.15) is 17.3 Å². The van der Waals surface area contributed by atoms with Crippen LogP contribution in [0, 0.1) is 23.0 Å². The van der Waals surface area contributed by atoms with E-state index in [0.717, 1.165) is 23.7 Å². The molecule has 144 valence electrons. The summed E-state index contributed by atoms with van der Waals surface area (Å²) in [6, 6.07) is 4.11. The molecule has 0 N–H and O–H groups in total. The Kier molecular flexibility index (Phi) is 6.16. The van der Waals surface area contributed by atoms with Crippen LogP contribution in [-0.4, -0.2) is 28.7 Å². The third-order valence-corrected chi connectivity index (χ3v) is 4.61. The van der Waals surface area contributed by atoms with E-state index in [4.69, 9.17) is 4.74 Å². The number of rotatable bonds is 5. The molecule has 8 heteroatoms. The summed E-state index contributed by atoms with van der Waals surface area (Å²) in [5.41, 5.74) is 0.290. The molecule has 0 saturated carbocycles. The molecule has 0 aliphatic heterocycles. The van der Waals surface area contributed by atoms with E-state index >= 15 is 0 Å². The summed E-state index contributed by atoms with van der Waals surface area (Å²) in [5, 5.41) is 9.54. The maximum absolute atomic E-state index is 14.4. The van der Waals surface area contributed by atoms with Gasteiger partial charge in [-0.2, -0.15) is 9.64 Å². The second kappa shape index (κ2) is 8.01. The summed E-state index contributed by atoms with van der Waals surface area (Å²) in [6.45, 7) is 9.64. The normalized spacial score (nSPS) is 11.9. The number of nitriles is 1. The molecule has 0 amide bonds. The van der Waals surface area contributed by atoms with Crippen LogP contribution in [0.3, 0.4) is 0 Å². The van der Waals surface area contributed by atoms with Gasteiger partial charge in [0.05, 0.1) is 12.0 Å². The fourth-order valence-corrected chi connectivity index (χ4v) is 2.94. The summed E-state index contributed by atoms with van der Waals surface area (Å²) < 4.78 is 38.4. The Hall–Kier alpha value is -2.53. The Labute approximate surface area is 162 Å². The van der Waals surface area contributed by atoms with Crippen LogP contribution in [0.2, 0.25) is 0 Å². The lowest BCUT2D eigenvalue weighted by atomic mass is 9.90. The molecular formula is C19H22F2N4OS. The zero-order valence-electron chi connectivity index (χ0n) is 16.2. The lowest BCUT2D eigenvalue weighted by Gasteiger charge is -2.17. The lowest BCUT2D eigenvalue weighted by molar-refractivity contribution is 0.429. The van der Waals surface area contributed by atoms with Gasteiger partial charge in [-0.3, -0.25) is 0 Å². The predicted octanol–water partition coefficient (Wildman–Crippen LogP) is 5.38. The Morgan fingerprint density at radius 1 is 1.30 bits per heavy atom. The highest BCUT2D eigenvalue weighted by atomic mass is 32.1. The zero-order chi connectivity index (χ0) is 20.4. The van der Waals surface area contributed by atoms with E-state index in [-0.39, 0.29) is 33.5 Å². The monoisotopic (exact) mass is 392 g/mol. The van der Waals surface area contributed by atoms with Crippen LogP contribution in [0.5, 0.6) is 10.8 Å². The summed E-state index contributed by atoms with van der Waals surface area (Å²) in [7, 11) is 1.79. The van der Waals surface area contributed by atoms with Crippen LogP contribution >= 0.6 is 11.5 Å². The average molecular weight is 392 g/mol. The van der Waals surface area contributed by atoms with Gasteiger partial charge in [0.2, 0.25) is 5.06 Å². The van der Waals surface area contributed by atoms with E-state index in [1.54, 1.807) is 11.9 Å². The topological polar surface area (TPSA) is 61.5 Å². The van der Waals surface area contributed by atoms with Gasteiger partial charge in [-0.05, 0) is 13.8 Å². The van der Waals surface area contributed by atoms with Crippen molar-refractivity contribution < 1.29 is 13.5 Å². The van der Waals surface area contributed by atoms with Crippen molar-refractivity contribution in [1.82, 2.24) is 9.27 Å². The number of halogens is 2. The van der Waals surface area contributed by atoms with E-state index < -0.39 is 11.6 Å². The molecule has 0 aliphatic carbocycles. The van der Waals surface area contributed by atoms with Crippen LogP contribution in [0.15, 0.2) is 17.1 Å². The van der Waals surface area contributed by atoms with Crippen molar-refractivity contribution in [3.8, 4) is 16.9 Å². The van der Waals surface area contributed by atoms with Crippen LogP contribution in [0.25, 0.3) is 0 Å². The van der Waals surface area contributed by atoms with Crippen molar-refractivity contribution in [1.29, 1.82) is 5.26 Å². The number of aromatic nitrogens is 1. The maximum atomic E-state index is 14.4. The fourth-order valence-electron chi connectivity index (χ4n) is 2.04. The fraction of sp³-hybridized carbons (Fsp3) is 0.421. The van der Waals surface area contributed by atoms with Gasteiger partial charge in [0.15, 0.2) is 17.4 Å². The van der Waals surface area contributed by atoms with Crippen LogP contribution in [-0.2, 0) is 5.41 Å². The van der Waals surface area contributed by atoms with Crippen LogP contribution in [0.1, 0.15) is 45.9 Å². The molecule has 0 radical (unpaired) electrons. The SMILES string of the molecule is CC(C)N(C)C=Nc1cc(F)c(Oc2snc(C(C)(C)C)c2C#N)cc1F. The molecular weight excluding hydrogens is 370 g/mol. The quantitative estimate of drug-likeness (QED) is 0.506. The van der Waals surface area contributed by atoms with Crippen molar-refractivity contribution in [3.05, 3.63) is 35.0 Å². The van der Waals surface area contributed by atoms with Crippen molar-refractivity contribution in [2.24, 2.45) is 4.99 Å².